The van der Waals surface area contributed by atoms with Crippen molar-refractivity contribution in [3.8, 4) is 0 Å². The van der Waals surface area contributed by atoms with Crippen LogP contribution in [0.2, 0.25) is 0 Å². The highest BCUT2D eigenvalue weighted by molar-refractivity contribution is 5.95. The Hall–Kier alpha value is -1.81. The molecule has 1 amide bonds. The van der Waals surface area contributed by atoms with Gasteiger partial charge in [-0.25, -0.2) is 0 Å². The molecule has 2 saturated carbocycles. The molecule has 0 bridgehead atoms. The van der Waals surface area contributed by atoms with Crippen LogP contribution in [-0.2, 0) is 4.74 Å². The minimum atomic E-state index is 0.125. The number of carbonyl (C=O) groups excluding carboxylic acids is 1. The van der Waals surface area contributed by atoms with Gasteiger partial charge in [0.25, 0.3) is 5.91 Å². The zero-order chi connectivity index (χ0) is 16.0. The molecule has 2 unspecified atom stereocenters. The number of hydrogen-bond acceptors (Lipinski definition) is 2. The van der Waals surface area contributed by atoms with Crippen molar-refractivity contribution in [1.29, 1.82) is 0 Å². The molecule has 2 heterocycles. The Kier molecular flexibility index (Phi) is 3.45. The summed E-state index contributed by atoms with van der Waals surface area (Å²) in [5, 5.41) is 0. The third kappa shape index (κ3) is 2.12. The van der Waals surface area contributed by atoms with Crippen molar-refractivity contribution in [2.75, 3.05) is 13.7 Å². The third-order valence-electron chi connectivity index (χ3n) is 5.93. The third-order valence-corrected chi connectivity index (χ3v) is 5.93. The van der Waals surface area contributed by atoms with Gasteiger partial charge in [-0.15, -0.1) is 0 Å². The molecule has 0 N–H and O–H groups in total. The van der Waals surface area contributed by atoms with E-state index >= 15 is 0 Å². The molecule has 2 aliphatic carbocycles. The van der Waals surface area contributed by atoms with Crippen molar-refractivity contribution in [3.63, 3.8) is 0 Å². The number of amides is 1. The van der Waals surface area contributed by atoms with E-state index in [2.05, 4.69) is 6.92 Å². The molecule has 23 heavy (non-hydrogen) atoms. The fourth-order valence-electron chi connectivity index (χ4n) is 4.46. The van der Waals surface area contributed by atoms with E-state index in [1.54, 1.807) is 0 Å². The molecule has 2 aromatic rings. The van der Waals surface area contributed by atoms with E-state index in [1.165, 1.54) is 19.3 Å². The zero-order valence-electron chi connectivity index (χ0n) is 13.9. The van der Waals surface area contributed by atoms with Gasteiger partial charge in [0.15, 0.2) is 0 Å². The molecule has 0 aromatic carbocycles. The number of fused-ring (bicyclic) bond motifs is 1. The summed E-state index contributed by atoms with van der Waals surface area (Å²) in [7, 11) is 1.96. The Morgan fingerprint density at radius 3 is 2.91 bits per heavy atom. The molecule has 0 radical (unpaired) electrons. The first-order chi connectivity index (χ1) is 11.2. The van der Waals surface area contributed by atoms with Crippen molar-refractivity contribution in [1.82, 2.24) is 9.30 Å². The first-order valence-electron chi connectivity index (χ1n) is 8.61. The lowest BCUT2D eigenvalue weighted by Crippen LogP contribution is -2.67. The second-order valence-corrected chi connectivity index (χ2v) is 6.96. The maximum absolute atomic E-state index is 12.9. The average Bonchev–Trinajstić information content (AvgIpc) is 2.92. The van der Waals surface area contributed by atoms with Crippen molar-refractivity contribution in [2.24, 2.45) is 5.41 Å². The largest absolute Gasteiger partial charge is 0.378 e. The van der Waals surface area contributed by atoms with Crippen LogP contribution in [0.3, 0.4) is 0 Å². The lowest BCUT2D eigenvalue weighted by Gasteiger charge is -2.63. The highest BCUT2D eigenvalue weighted by Gasteiger charge is 2.60. The summed E-state index contributed by atoms with van der Waals surface area (Å²) in [4.78, 5) is 14.9. The monoisotopic (exact) mass is 312 g/mol. The minimum absolute atomic E-state index is 0.125. The Morgan fingerprint density at radius 1 is 1.43 bits per heavy atom. The summed E-state index contributed by atoms with van der Waals surface area (Å²) in [6, 6.07) is 8.30. The maximum atomic E-state index is 12.9. The molecule has 2 fully saturated rings. The molecule has 4 heteroatoms. The predicted molar refractivity (Wildman–Crippen MR) is 89.6 cm³/mol. The number of aromatic nitrogens is 1. The second-order valence-electron chi connectivity index (χ2n) is 6.96. The van der Waals surface area contributed by atoms with Gasteiger partial charge in [-0.1, -0.05) is 12.5 Å². The number of rotatable bonds is 4. The van der Waals surface area contributed by atoms with Gasteiger partial charge in [-0.05, 0) is 44.4 Å². The van der Waals surface area contributed by atoms with Crippen LogP contribution in [0.1, 0.15) is 43.0 Å². The Balaban J connectivity index is 1.54. The van der Waals surface area contributed by atoms with Crippen LogP contribution in [0.5, 0.6) is 0 Å². The van der Waals surface area contributed by atoms with Crippen LogP contribution in [-0.4, -0.2) is 41.0 Å². The van der Waals surface area contributed by atoms with E-state index in [9.17, 15) is 4.79 Å². The molecular weight excluding hydrogens is 288 g/mol. The number of nitrogens with zero attached hydrogens (tertiary/aromatic N) is 2. The van der Waals surface area contributed by atoms with Crippen molar-refractivity contribution < 1.29 is 9.53 Å². The zero-order valence-corrected chi connectivity index (χ0v) is 13.9. The number of pyridine rings is 1. The number of carbonyl (C=O) groups is 1. The van der Waals surface area contributed by atoms with Crippen molar-refractivity contribution >= 4 is 11.4 Å². The van der Waals surface area contributed by atoms with Crippen LogP contribution >= 0.6 is 0 Å². The van der Waals surface area contributed by atoms with Gasteiger partial charge >= 0.3 is 0 Å². The average molecular weight is 312 g/mol. The van der Waals surface area contributed by atoms with E-state index < -0.39 is 0 Å². The Bertz CT molecular complexity index is 699. The first kappa shape index (κ1) is 14.8. The van der Waals surface area contributed by atoms with Gasteiger partial charge in [0.2, 0.25) is 0 Å². The van der Waals surface area contributed by atoms with E-state index in [0.29, 0.717) is 12.1 Å². The summed E-state index contributed by atoms with van der Waals surface area (Å²) < 4.78 is 7.91. The van der Waals surface area contributed by atoms with Crippen molar-refractivity contribution in [3.05, 3.63) is 42.2 Å². The first-order valence-corrected chi connectivity index (χ1v) is 8.61. The summed E-state index contributed by atoms with van der Waals surface area (Å²) in [6.45, 7) is 2.82. The van der Waals surface area contributed by atoms with Gasteiger partial charge in [-0.3, -0.25) is 4.79 Å². The predicted octanol–water partition coefficient (Wildman–Crippen LogP) is 3.36. The molecule has 0 saturated heterocycles. The minimum Gasteiger partial charge on any atom is -0.378 e. The van der Waals surface area contributed by atoms with Gasteiger partial charge < -0.3 is 14.0 Å². The van der Waals surface area contributed by atoms with E-state index in [1.807, 2.05) is 53.0 Å². The van der Waals surface area contributed by atoms with Gasteiger partial charge in [-0.2, -0.15) is 0 Å². The highest BCUT2D eigenvalue weighted by atomic mass is 16.5. The SMILES string of the molecule is CCOC1CC(N(C)C(=O)c2cc3ccccn3c2)C12CCC2. The fraction of sp³-hybridized carbons (Fsp3) is 0.526. The Morgan fingerprint density at radius 2 is 2.26 bits per heavy atom. The van der Waals surface area contributed by atoms with Gasteiger partial charge in [0.1, 0.15) is 0 Å². The molecular formula is C19H24N2O2. The molecule has 0 aliphatic heterocycles. The molecule has 2 aliphatic rings. The van der Waals surface area contributed by atoms with Crippen molar-refractivity contribution in [2.45, 2.75) is 44.8 Å². The summed E-state index contributed by atoms with van der Waals surface area (Å²) >= 11 is 0. The topological polar surface area (TPSA) is 34.0 Å². The standard InChI is InChI=1S/C19H24N2O2/c1-3-23-17-12-16(19(17)8-6-9-19)20(2)18(22)14-11-15-7-4-5-10-21(15)13-14/h4-5,7,10-11,13,16-17H,3,6,8-9,12H2,1-2H3. The highest BCUT2D eigenvalue weighted by Crippen LogP contribution is 2.59. The van der Waals surface area contributed by atoms with Crippen LogP contribution in [0.25, 0.3) is 5.52 Å². The maximum Gasteiger partial charge on any atom is 0.255 e. The van der Waals surface area contributed by atoms with Crippen LogP contribution < -0.4 is 0 Å². The molecule has 122 valence electrons. The van der Waals surface area contributed by atoms with E-state index in [4.69, 9.17) is 4.74 Å². The molecule has 2 atom stereocenters. The molecule has 4 nitrogen and oxygen atoms in total. The van der Waals surface area contributed by atoms with Gasteiger partial charge in [0, 0.05) is 43.0 Å². The normalized spacial score (nSPS) is 25.1. The Labute approximate surface area is 137 Å². The van der Waals surface area contributed by atoms with Crippen LogP contribution in [0.4, 0.5) is 0 Å². The fourth-order valence-corrected chi connectivity index (χ4v) is 4.46. The number of ether oxygens (including phenoxy) is 1. The van der Waals surface area contributed by atoms with Crippen LogP contribution in [0, 0.1) is 5.41 Å². The number of hydrogen-bond donors (Lipinski definition) is 0. The summed E-state index contributed by atoms with van der Waals surface area (Å²) in [5.74, 6) is 0.125. The van der Waals surface area contributed by atoms with Gasteiger partial charge in [0.05, 0.1) is 11.7 Å². The van der Waals surface area contributed by atoms with E-state index in [-0.39, 0.29) is 11.3 Å². The van der Waals surface area contributed by atoms with E-state index in [0.717, 1.165) is 24.1 Å². The molecule has 1 spiro atoms. The molecule has 4 rings (SSSR count). The quantitative estimate of drug-likeness (QED) is 0.867. The second kappa shape index (κ2) is 5.38. The summed E-state index contributed by atoms with van der Waals surface area (Å²) in [5.41, 5.74) is 2.05. The smallest absolute Gasteiger partial charge is 0.255 e. The lowest BCUT2D eigenvalue weighted by atomic mass is 9.50. The molecule has 2 aromatic heterocycles. The summed E-state index contributed by atoms with van der Waals surface area (Å²) in [6.07, 6.45) is 8.88. The van der Waals surface area contributed by atoms with Crippen LogP contribution in [0.15, 0.2) is 36.7 Å². The lowest BCUT2D eigenvalue weighted by molar-refractivity contribution is -0.192.